The van der Waals surface area contributed by atoms with Crippen molar-refractivity contribution in [1.29, 1.82) is 0 Å². The van der Waals surface area contributed by atoms with Gasteiger partial charge in [-0.2, -0.15) is 0 Å². The van der Waals surface area contributed by atoms with E-state index in [1.54, 1.807) is 6.20 Å². The molecule has 6 rings (SSSR count). The smallest absolute Gasteiger partial charge is 0.254 e. The number of fused-ring (bicyclic) bond motifs is 8. The van der Waals surface area contributed by atoms with E-state index in [-0.39, 0.29) is 11.9 Å². The molecule has 2 fully saturated rings. The van der Waals surface area contributed by atoms with Crippen LogP contribution in [0.1, 0.15) is 52.1 Å². The van der Waals surface area contributed by atoms with Crippen molar-refractivity contribution in [2.45, 2.75) is 44.7 Å². The van der Waals surface area contributed by atoms with Crippen molar-refractivity contribution < 1.29 is 14.3 Å². The van der Waals surface area contributed by atoms with Crippen LogP contribution < -0.4 is 0 Å². The summed E-state index contributed by atoms with van der Waals surface area (Å²) in [6, 6.07) is 16.3. The Morgan fingerprint density at radius 1 is 0.946 bits per heavy atom. The molecule has 3 aromatic rings. The highest BCUT2D eigenvalue weighted by atomic mass is 16.5. The van der Waals surface area contributed by atoms with Gasteiger partial charge in [-0.1, -0.05) is 24.3 Å². The molecule has 0 spiro atoms. The minimum Gasteiger partial charge on any atom is -0.378 e. The third-order valence-electron chi connectivity index (χ3n) is 7.67. The number of ketones is 1. The molecule has 0 unspecified atom stereocenters. The van der Waals surface area contributed by atoms with Crippen LogP contribution in [-0.4, -0.2) is 70.3 Å². The number of morpholine rings is 1. The monoisotopic (exact) mass is 496 g/mol. The Bertz CT molecular complexity index is 1320. The predicted octanol–water partition coefficient (Wildman–Crippen LogP) is 3.69. The highest BCUT2D eigenvalue weighted by Crippen LogP contribution is 2.26. The Labute approximate surface area is 217 Å². The van der Waals surface area contributed by atoms with E-state index in [0.717, 1.165) is 59.6 Å². The third kappa shape index (κ3) is 5.33. The number of rotatable bonds is 1. The van der Waals surface area contributed by atoms with Crippen LogP contribution in [0.3, 0.4) is 0 Å². The molecule has 2 saturated heterocycles. The first-order valence-corrected chi connectivity index (χ1v) is 13.3. The average molecular weight is 497 g/mol. The van der Waals surface area contributed by atoms with Gasteiger partial charge in [0, 0.05) is 49.8 Å². The highest BCUT2D eigenvalue weighted by Gasteiger charge is 2.30. The lowest BCUT2D eigenvalue weighted by Gasteiger charge is -2.28. The molecule has 4 heterocycles. The number of aryl methyl sites for hydroxylation is 1. The lowest BCUT2D eigenvalue weighted by Crippen LogP contribution is -2.40. The molecule has 0 saturated carbocycles. The molecule has 37 heavy (non-hydrogen) atoms. The Morgan fingerprint density at radius 3 is 2.70 bits per heavy atom. The molecule has 190 valence electrons. The second-order valence-corrected chi connectivity index (χ2v) is 10.3. The van der Waals surface area contributed by atoms with Crippen LogP contribution in [0.4, 0.5) is 0 Å². The molecule has 3 aliphatic rings. The molecule has 6 bridgehead atoms. The predicted molar refractivity (Wildman–Crippen MR) is 140 cm³/mol. The summed E-state index contributed by atoms with van der Waals surface area (Å²) in [5.74, 6) is 1.06. The van der Waals surface area contributed by atoms with Gasteiger partial charge in [-0.05, 0) is 66.8 Å². The van der Waals surface area contributed by atoms with E-state index in [4.69, 9.17) is 9.72 Å². The molecular formula is C30H32N4O3. The summed E-state index contributed by atoms with van der Waals surface area (Å²) in [5, 5.41) is 0. The van der Waals surface area contributed by atoms with Crippen molar-refractivity contribution in [3.05, 3.63) is 82.8 Å². The van der Waals surface area contributed by atoms with Gasteiger partial charge in [0.05, 0.1) is 24.9 Å². The SMILES string of the molecule is O=C1CCc2cccc(c2)-c2ccnc(n2)Cc2cc(cc(C(=O)N3CCOCC3)c2)CN2CCC[C@@H]12. The number of hydrogen-bond donors (Lipinski definition) is 0. The maximum absolute atomic E-state index is 13.4. The van der Waals surface area contributed by atoms with E-state index >= 15 is 0 Å². The van der Waals surface area contributed by atoms with E-state index < -0.39 is 0 Å². The zero-order valence-electron chi connectivity index (χ0n) is 21.1. The summed E-state index contributed by atoms with van der Waals surface area (Å²) in [7, 11) is 0. The van der Waals surface area contributed by atoms with Gasteiger partial charge in [0.1, 0.15) is 11.6 Å². The first-order valence-electron chi connectivity index (χ1n) is 13.3. The van der Waals surface area contributed by atoms with Gasteiger partial charge in [0.25, 0.3) is 5.91 Å². The number of ether oxygens (including phenoxy) is 1. The van der Waals surface area contributed by atoms with Gasteiger partial charge in [-0.25, -0.2) is 9.97 Å². The van der Waals surface area contributed by atoms with Crippen molar-refractivity contribution >= 4 is 11.7 Å². The summed E-state index contributed by atoms with van der Waals surface area (Å²) in [4.78, 5) is 40.3. The van der Waals surface area contributed by atoms with Crippen molar-refractivity contribution in [2.24, 2.45) is 0 Å². The summed E-state index contributed by atoms with van der Waals surface area (Å²) < 4.78 is 5.45. The topological polar surface area (TPSA) is 75.6 Å². The van der Waals surface area contributed by atoms with Crippen LogP contribution in [0.25, 0.3) is 11.3 Å². The van der Waals surface area contributed by atoms with Crippen molar-refractivity contribution in [3.63, 3.8) is 0 Å². The Kier molecular flexibility index (Phi) is 6.81. The van der Waals surface area contributed by atoms with Crippen LogP contribution in [0.5, 0.6) is 0 Å². The first-order chi connectivity index (χ1) is 18.1. The number of benzene rings is 2. The Morgan fingerprint density at radius 2 is 1.81 bits per heavy atom. The molecule has 0 radical (unpaired) electrons. The molecule has 1 amide bonds. The van der Waals surface area contributed by atoms with Crippen LogP contribution in [0.15, 0.2) is 54.7 Å². The van der Waals surface area contributed by atoms with Crippen LogP contribution in [0.2, 0.25) is 0 Å². The minimum atomic E-state index is -0.0609. The fraction of sp³-hybridized carbons (Fsp3) is 0.400. The second-order valence-electron chi connectivity index (χ2n) is 10.3. The fourth-order valence-corrected chi connectivity index (χ4v) is 5.79. The van der Waals surface area contributed by atoms with Crippen LogP contribution in [-0.2, 0) is 28.9 Å². The molecule has 7 heteroatoms. The van der Waals surface area contributed by atoms with Gasteiger partial charge >= 0.3 is 0 Å². The molecule has 2 aromatic carbocycles. The average Bonchev–Trinajstić information content (AvgIpc) is 3.39. The number of amides is 1. The lowest BCUT2D eigenvalue weighted by atomic mass is 9.98. The lowest BCUT2D eigenvalue weighted by molar-refractivity contribution is -0.123. The molecule has 3 aliphatic heterocycles. The quantitative estimate of drug-likeness (QED) is 0.512. The van der Waals surface area contributed by atoms with Crippen molar-refractivity contribution in [2.75, 3.05) is 32.8 Å². The molecule has 0 N–H and O–H groups in total. The van der Waals surface area contributed by atoms with Gasteiger partial charge in [0.2, 0.25) is 0 Å². The van der Waals surface area contributed by atoms with Crippen LogP contribution >= 0.6 is 0 Å². The van der Waals surface area contributed by atoms with Gasteiger partial charge < -0.3 is 9.64 Å². The van der Waals surface area contributed by atoms with E-state index in [2.05, 4.69) is 34.1 Å². The Balaban J connectivity index is 1.40. The van der Waals surface area contributed by atoms with E-state index in [9.17, 15) is 9.59 Å². The number of aromatic nitrogens is 2. The van der Waals surface area contributed by atoms with Gasteiger partial charge in [-0.15, -0.1) is 0 Å². The summed E-state index contributed by atoms with van der Waals surface area (Å²) in [6.07, 6.45) is 5.51. The van der Waals surface area contributed by atoms with Crippen molar-refractivity contribution in [3.8, 4) is 11.3 Å². The molecule has 0 aliphatic carbocycles. The molecule has 1 atom stereocenters. The number of nitrogens with zero attached hydrogens (tertiary/aromatic N) is 4. The highest BCUT2D eigenvalue weighted by molar-refractivity contribution is 5.94. The maximum atomic E-state index is 13.4. The van der Waals surface area contributed by atoms with E-state index in [0.29, 0.717) is 57.0 Å². The van der Waals surface area contributed by atoms with Crippen molar-refractivity contribution in [1.82, 2.24) is 19.8 Å². The maximum Gasteiger partial charge on any atom is 0.254 e. The number of hydrogen-bond acceptors (Lipinski definition) is 6. The number of Topliss-reactive ketones (excluding diaryl/α,β-unsaturated/α-hetero) is 1. The van der Waals surface area contributed by atoms with E-state index in [1.807, 2.05) is 29.2 Å². The van der Waals surface area contributed by atoms with E-state index in [1.165, 1.54) is 0 Å². The van der Waals surface area contributed by atoms with Crippen LogP contribution in [0, 0.1) is 0 Å². The summed E-state index contributed by atoms with van der Waals surface area (Å²) in [6.45, 7) is 3.89. The molecular weight excluding hydrogens is 464 g/mol. The minimum absolute atomic E-state index is 0.0290. The molecule has 1 aromatic heterocycles. The standard InChI is InChI=1S/C30H32N4O3/c35-28-7-6-21-3-1-4-24(16-21)26-8-9-31-29(32-26)19-22-15-23(20-34-10-2-5-27(28)34)18-25(17-22)30(36)33-11-13-37-14-12-33/h1,3-4,8-9,15-18,27H,2,5-7,10-14,19-20H2/t27-/m0/s1. The largest absolute Gasteiger partial charge is 0.378 e. The summed E-state index contributed by atoms with van der Waals surface area (Å²) >= 11 is 0. The number of carbonyl (C=O) groups excluding carboxylic acids is 2. The third-order valence-corrected chi connectivity index (χ3v) is 7.67. The zero-order valence-corrected chi connectivity index (χ0v) is 21.1. The van der Waals surface area contributed by atoms with Gasteiger partial charge in [0.15, 0.2) is 0 Å². The summed E-state index contributed by atoms with van der Waals surface area (Å²) in [5.41, 5.74) is 5.80. The zero-order chi connectivity index (χ0) is 25.2. The van der Waals surface area contributed by atoms with Gasteiger partial charge in [-0.3, -0.25) is 14.5 Å². The normalized spacial score (nSPS) is 20.5. The second kappa shape index (κ2) is 10.5. The fourth-order valence-electron chi connectivity index (χ4n) is 5.79. The Hall–Kier alpha value is -3.42. The number of carbonyl (C=O) groups is 2. The first kappa shape index (κ1) is 23.9. The molecule has 7 nitrogen and oxygen atoms in total.